The Kier molecular flexibility index (Phi) is 9.18. The van der Waals surface area contributed by atoms with Crippen LogP contribution in [0.2, 0.25) is 0 Å². The zero-order valence-corrected chi connectivity index (χ0v) is 25.5. The molecule has 0 radical (unpaired) electrons. The fourth-order valence-corrected chi connectivity index (χ4v) is 5.74. The van der Waals surface area contributed by atoms with Crippen LogP contribution in [0.5, 0.6) is 5.75 Å². The number of ether oxygens (including phenoxy) is 2. The summed E-state index contributed by atoms with van der Waals surface area (Å²) in [5.41, 5.74) is 4.43. The number of aromatic nitrogens is 4. The van der Waals surface area contributed by atoms with Crippen molar-refractivity contribution in [2.24, 2.45) is 0 Å². The molecule has 1 fully saturated rings. The first-order chi connectivity index (χ1) is 21.9. The van der Waals surface area contributed by atoms with Crippen molar-refractivity contribution in [1.29, 1.82) is 0 Å². The van der Waals surface area contributed by atoms with Gasteiger partial charge in [0.15, 0.2) is 0 Å². The van der Waals surface area contributed by atoms with Crippen LogP contribution in [0.4, 0.5) is 4.39 Å². The topological polar surface area (TPSA) is 114 Å². The van der Waals surface area contributed by atoms with E-state index in [2.05, 4.69) is 20.2 Å². The van der Waals surface area contributed by atoms with E-state index in [-0.39, 0.29) is 23.4 Å². The van der Waals surface area contributed by atoms with Crippen molar-refractivity contribution < 1.29 is 18.7 Å². The largest absolute Gasteiger partial charge is 0.493 e. The predicted octanol–water partition coefficient (Wildman–Crippen LogP) is 4.64. The molecule has 3 aromatic carbocycles. The van der Waals surface area contributed by atoms with Gasteiger partial charge in [0.25, 0.3) is 5.56 Å². The Morgan fingerprint density at radius 1 is 1.09 bits per heavy atom. The molecule has 234 valence electrons. The monoisotopic (exact) mass is 612 g/mol. The molecule has 3 heterocycles. The first kappa shape index (κ1) is 30.4. The van der Waals surface area contributed by atoms with Crippen LogP contribution >= 0.6 is 0 Å². The molecule has 1 aliphatic heterocycles. The average Bonchev–Trinajstić information content (AvgIpc) is 3.65. The molecule has 5 aromatic rings. The normalized spacial score (nSPS) is 15.2. The van der Waals surface area contributed by atoms with E-state index in [0.717, 1.165) is 42.6 Å². The molecule has 0 spiro atoms. The Labute approximate surface area is 260 Å². The molecule has 1 atom stereocenters. The van der Waals surface area contributed by atoms with Gasteiger partial charge in [-0.2, -0.15) is 0 Å². The lowest BCUT2D eigenvalue weighted by Crippen LogP contribution is -2.34. The number of halogens is 1. The maximum Gasteiger partial charge on any atom is 0.320 e. The first-order valence-corrected chi connectivity index (χ1v) is 15.4. The third-order valence-electron chi connectivity index (χ3n) is 8.00. The van der Waals surface area contributed by atoms with E-state index < -0.39 is 0 Å². The smallest absolute Gasteiger partial charge is 0.320 e. The van der Waals surface area contributed by atoms with E-state index >= 15 is 0 Å². The Bertz CT molecular complexity index is 1870. The highest BCUT2D eigenvalue weighted by Crippen LogP contribution is 2.30. The lowest BCUT2D eigenvalue weighted by atomic mass is 10.1. The second kappa shape index (κ2) is 13.6. The van der Waals surface area contributed by atoms with Gasteiger partial charge >= 0.3 is 5.97 Å². The number of imidazole rings is 1. The van der Waals surface area contributed by atoms with Crippen molar-refractivity contribution in [3.63, 3.8) is 0 Å². The number of likely N-dealkylation sites (tertiary alicyclic amines) is 1. The molecule has 45 heavy (non-hydrogen) atoms. The lowest BCUT2D eigenvalue weighted by Gasteiger charge is -2.17. The van der Waals surface area contributed by atoms with E-state index in [1.54, 1.807) is 24.5 Å². The van der Waals surface area contributed by atoms with Crippen molar-refractivity contribution in [2.75, 3.05) is 32.8 Å². The highest BCUT2D eigenvalue weighted by molar-refractivity contribution is 5.93. The van der Waals surface area contributed by atoms with Crippen molar-refractivity contribution >= 4 is 27.9 Å². The van der Waals surface area contributed by atoms with Crippen LogP contribution < -0.4 is 15.6 Å². The number of carbonyl (C=O) groups excluding carboxylic acids is 1. The lowest BCUT2D eigenvalue weighted by molar-refractivity contribution is -0.144. The molecular formula is C34H37FN6O4. The van der Waals surface area contributed by atoms with Gasteiger partial charge in [-0.3, -0.25) is 14.5 Å². The second-order valence-corrected chi connectivity index (χ2v) is 11.4. The van der Waals surface area contributed by atoms with Crippen molar-refractivity contribution in [3.8, 4) is 17.1 Å². The summed E-state index contributed by atoms with van der Waals surface area (Å²) in [6, 6.07) is 16.2. The number of fused-ring (bicyclic) bond motifs is 2. The number of H-pyrrole nitrogens is 1. The number of rotatable bonds is 12. The molecule has 0 amide bonds. The van der Waals surface area contributed by atoms with E-state index in [9.17, 15) is 14.0 Å². The molecule has 1 aliphatic rings. The third-order valence-corrected chi connectivity index (χ3v) is 8.00. The molecule has 1 saturated heterocycles. The van der Waals surface area contributed by atoms with Crippen LogP contribution in [0.25, 0.3) is 33.3 Å². The van der Waals surface area contributed by atoms with Gasteiger partial charge in [0, 0.05) is 32.2 Å². The van der Waals surface area contributed by atoms with E-state index in [1.165, 1.54) is 12.1 Å². The zero-order chi connectivity index (χ0) is 31.3. The molecule has 0 saturated carbocycles. The van der Waals surface area contributed by atoms with Crippen LogP contribution in [0.15, 0.2) is 65.7 Å². The van der Waals surface area contributed by atoms with Crippen molar-refractivity contribution in [1.82, 2.24) is 29.7 Å². The molecule has 10 nitrogen and oxygen atoms in total. The number of hydrogen-bond acceptors (Lipinski definition) is 8. The van der Waals surface area contributed by atoms with Gasteiger partial charge in [-0.25, -0.2) is 14.4 Å². The summed E-state index contributed by atoms with van der Waals surface area (Å²) in [5.74, 6) is 0.592. The quantitative estimate of drug-likeness (QED) is 0.196. The maximum absolute atomic E-state index is 13.4. The van der Waals surface area contributed by atoms with E-state index in [0.29, 0.717) is 66.4 Å². The highest BCUT2D eigenvalue weighted by atomic mass is 19.1. The SMILES string of the molecule is CCCOc1ccc(CN[C@@H]2CCN(CC(=O)OCC)C2)cc1-c1nc2cc3ncn(Cc4ccc(F)cc4)c3cc2c(=O)[nH]1. The molecule has 0 aliphatic carbocycles. The summed E-state index contributed by atoms with van der Waals surface area (Å²) in [4.78, 5) is 39.8. The van der Waals surface area contributed by atoms with Gasteiger partial charge < -0.3 is 24.3 Å². The van der Waals surface area contributed by atoms with Gasteiger partial charge in [-0.15, -0.1) is 0 Å². The van der Waals surface area contributed by atoms with Gasteiger partial charge in [-0.05, 0) is 67.3 Å². The molecule has 0 unspecified atom stereocenters. The molecule has 6 rings (SSSR count). The van der Waals surface area contributed by atoms with E-state index in [4.69, 9.17) is 14.5 Å². The van der Waals surface area contributed by atoms with Gasteiger partial charge in [0.1, 0.15) is 17.4 Å². The van der Waals surface area contributed by atoms with Crippen LogP contribution in [0.1, 0.15) is 37.8 Å². The molecule has 11 heteroatoms. The summed E-state index contributed by atoms with van der Waals surface area (Å²) in [7, 11) is 0. The number of aromatic amines is 1. The van der Waals surface area contributed by atoms with Gasteiger partial charge in [0.2, 0.25) is 0 Å². The van der Waals surface area contributed by atoms with Crippen LogP contribution in [-0.2, 0) is 22.6 Å². The molecule has 0 bridgehead atoms. The number of nitrogens with zero attached hydrogens (tertiary/aromatic N) is 4. The summed E-state index contributed by atoms with van der Waals surface area (Å²) in [5, 5.41) is 4.06. The Morgan fingerprint density at radius 2 is 1.91 bits per heavy atom. The second-order valence-electron chi connectivity index (χ2n) is 11.4. The van der Waals surface area contributed by atoms with Crippen molar-refractivity contribution in [3.05, 3.63) is 88.2 Å². The first-order valence-electron chi connectivity index (χ1n) is 15.4. The fourth-order valence-electron chi connectivity index (χ4n) is 5.74. The summed E-state index contributed by atoms with van der Waals surface area (Å²) < 4.78 is 26.5. The molecule has 2 aromatic heterocycles. The summed E-state index contributed by atoms with van der Waals surface area (Å²) in [6.07, 6.45) is 3.50. The van der Waals surface area contributed by atoms with Crippen molar-refractivity contribution in [2.45, 2.75) is 45.8 Å². The van der Waals surface area contributed by atoms with Gasteiger partial charge in [0.05, 0.1) is 53.6 Å². The fraction of sp³-hybridized carbons (Fsp3) is 0.353. The van der Waals surface area contributed by atoms with Crippen LogP contribution in [-0.4, -0.2) is 69.3 Å². The minimum atomic E-state index is -0.285. The standard InChI is InChI=1S/C34H37FN6O4/c1-3-13-45-31-10-7-23(17-36-25-11-12-40(19-25)20-32(42)44-4-2)14-27(31)33-38-28-16-29-30(15-26(28)34(43)39-33)41(21-37-29)18-22-5-8-24(35)9-6-22/h5-10,14-16,21,25,36H,3-4,11-13,17-20H2,1-2H3,(H,38,39,43)/t25-/m1/s1. The number of hydrogen-bond donors (Lipinski definition) is 2. The predicted molar refractivity (Wildman–Crippen MR) is 171 cm³/mol. The molecule has 2 N–H and O–H groups in total. The average molecular weight is 613 g/mol. The maximum atomic E-state index is 13.4. The van der Waals surface area contributed by atoms with E-state index in [1.807, 2.05) is 42.7 Å². The zero-order valence-electron chi connectivity index (χ0n) is 25.5. The number of benzene rings is 3. The third kappa shape index (κ3) is 7.05. The minimum absolute atomic E-state index is 0.193. The Morgan fingerprint density at radius 3 is 2.71 bits per heavy atom. The molecular weight excluding hydrogens is 575 g/mol. The summed E-state index contributed by atoms with van der Waals surface area (Å²) >= 11 is 0. The highest BCUT2D eigenvalue weighted by Gasteiger charge is 2.24. The summed E-state index contributed by atoms with van der Waals surface area (Å²) in [6.45, 7) is 7.81. The number of esters is 1. The number of carbonyl (C=O) groups is 1. The van der Waals surface area contributed by atoms with Crippen LogP contribution in [0.3, 0.4) is 0 Å². The number of nitrogens with one attached hydrogen (secondary N) is 2. The van der Waals surface area contributed by atoms with Gasteiger partial charge in [-0.1, -0.05) is 25.1 Å². The minimum Gasteiger partial charge on any atom is -0.493 e. The Hall–Kier alpha value is -4.61. The van der Waals surface area contributed by atoms with Crippen LogP contribution in [0, 0.1) is 5.82 Å². The Balaban J connectivity index is 1.25.